The molecule has 25 heavy (non-hydrogen) atoms. The summed E-state index contributed by atoms with van der Waals surface area (Å²) >= 11 is 0. The summed E-state index contributed by atoms with van der Waals surface area (Å²) in [5.74, 6) is 0.625. The van der Waals surface area contributed by atoms with Crippen molar-refractivity contribution < 1.29 is 24.5 Å². The lowest BCUT2D eigenvalue weighted by atomic mass is 10.1. The number of nitrogens with one attached hydrogen (secondary N) is 2. The highest BCUT2D eigenvalue weighted by Gasteiger charge is 2.08. The van der Waals surface area contributed by atoms with E-state index >= 15 is 0 Å². The zero-order valence-corrected chi connectivity index (χ0v) is 14.6. The number of rotatable bonds is 13. The van der Waals surface area contributed by atoms with E-state index < -0.39 is 12.2 Å². The summed E-state index contributed by atoms with van der Waals surface area (Å²) in [6, 6.07) is 7.32. The minimum absolute atomic E-state index is 0.178. The normalized spacial score (nSPS) is 13.0. The Morgan fingerprint density at radius 1 is 1.28 bits per heavy atom. The SMILES string of the molecule is CC(CCCCC=O)NCC(O)COc1ccc(CNC(=O)O)cc1. The van der Waals surface area contributed by atoms with E-state index in [-0.39, 0.29) is 19.2 Å². The van der Waals surface area contributed by atoms with Crippen LogP contribution in [0.5, 0.6) is 5.75 Å². The van der Waals surface area contributed by atoms with Crippen molar-refractivity contribution in [2.45, 2.75) is 51.3 Å². The van der Waals surface area contributed by atoms with Crippen LogP contribution in [0, 0.1) is 0 Å². The number of amides is 1. The molecule has 0 saturated heterocycles. The number of benzene rings is 1. The lowest BCUT2D eigenvalue weighted by molar-refractivity contribution is -0.107. The maximum atomic E-state index is 10.4. The first-order valence-corrected chi connectivity index (χ1v) is 8.55. The van der Waals surface area contributed by atoms with E-state index in [1.165, 1.54) is 0 Å². The van der Waals surface area contributed by atoms with Gasteiger partial charge in [-0.25, -0.2) is 4.79 Å². The molecule has 0 saturated carbocycles. The van der Waals surface area contributed by atoms with Crippen LogP contribution in [0.2, 0.25) is 0 Å². The van der Waals surface area contributed by atoms with Crippen molar-refractivity contribution in [1.29, 1.82) is 0 Å². The molecule has 1 aromatic rings. The number of aliphatic hydroxyl groups excluding tert-OH is 1. The standard InChI is InChI=1S/C18H28N2O5/c1-14(5-3-2-4-10-21)19-12-16(22)13-25-17-8-6-15(7-9-17)11-20-18(23)24/h6-10,14,16,19-20,22H,2-5,11-13H2,1H3,(H,23,24). The molecule has 0 bridgehead atoms. The van der Waals surface area contributed by atoms with Crippen LogP contribution in [0.15, 0.2) is 24.3 Å². The average Bonchev–Trinajstić information content (AvgIpc) is 2.61. The van der Waals surface area contributed by atoms with Crippen LogP contribution in [0.3, 0.4) is 0 Å². The highest BCUT2D eigenvalue weighted by molar-refractivity contribution is 5.64. The fourth-order valence-corrected chi connectivity index (χ4v) is 2.25. The summed E-state index contributed by atoms with van der Waals surface area (Å²) in [5, 5.41) is 24.1. The quantitative estimate of drug-likeness (QED) is 0.319. The van der Waals surface area contributed by atoms with E-state index in [4.69, 9.17) is 9.84 Å². The number of hydrogen-bond donors (Lipinski definition) is 4. The molecule has 0 radical (unpaired) electrons. The van der Waals surface area contributed by atoms with Crippen LogP contribution in [0.1, 0.15) is 38.2 Å². The average molecular weight is 352 g/mol. The van der Waals surface area contributed by atoms with Gasteiger partial charge in [-0.2, -0.15) is 0 Å². The van der Waals surface area contributed by atoms with E-state index in [2.05, 4.69) is 17.6 Å². The van der Waals surface area contributed by atoms with Gasteiger partial charge < -0.3 is 30.4 Å². The van der Waals surface area contributed by atoms with E-state index in [0.29, 0.717) is 18.7 Å². The van der Waals surface area contributed by atoms with Crippen molar-refractivity contribution >= 4 is 12.4 Å². The van der Waals surface area contributed by atoms with Crippen molar-refractivity contribution in [2.24, 2.45) is 0 Å². The Labute approximate surface area is 148 Å². The summed E-state index contributed by atoms with van der Waals surface area (Å²) in [4.78, 5) is 20.7. The minimum Gasteiger partial charge on any atom is -0.491 e. The van der Waals surface area contributed by atoms with Crippen molar-refractivity contribution in [3.63, 3.8) is 0 Å². The Balaban J connectivity index is 2.19. The van der Waals surface area contributed by atoms with Gasteiger partial charge in [-0.05, 0) is 37.5 Å². The molecule has 0 spiro atoms. The first-order chi connectivity index (χ1) is 12.0. The van der Waals surface area contributed by atoms with Gasteiger partial charge in [0.15, 0.2) is 0 Å². The first kappa shape index (κ1) is 20.9. The second-order valence-electron chi connectivity index (χ2n) is 6.03. The number of hydrogen-bond acceptors (Lipinski definition) is 5. The number of carboxylic acid groups (broad SMARTS) is 1. The van der Waals surface area contributed by atoms with Crippen LogP contribution in [0.25, 0.3) is 0 Å². The lowest BCUT2D eigenvalue weighted by Gasteiger charge is -2.17. The van der Waals surface area contributed by atoms with Gasteiger partial charge in [0.2, 0.25) is 0 Å². The van der Waals surface area contributed by atoms with Gasteiger partial charge in [0.25, 0.3) is 0 Å². The molecule has 1 rings (SSSR count). The van der Waals surface area contributed by atoms with Crippen LogP contribution < -0.4 is 15.4 Å². The molecule has 2 unspecified atom stereocenters. The topological polar surface area (TPSA) is 108 Å². The zero-order chi connectivity index (χ0) is 18.5. The van der Waals surface area contributed by atoms with Crippen molar-refractivity contribution in [3.8, 4) is 5.75 Å². The molecule has 0 heterocycles. The van der Waals surface area contributed by atoms with Crippen LogP contribution in [0.4, 0.5) is 4.79 Å². The van der Waals surface area contributed by atoms with Gasteiger partial charge in [-0.1, -0.05) is 18.6 Å². The van der Waals surface area contributed by atoms with Gasteiger partial charge in [0.05, 0.1) is 0 Å². The molecule has 0 aromatic heterocycles. The Kier molecular flexibility index (Phi) is 10.3. The maximum absolute atomic E-state index is 10.4. The first-order valence-electron chi connectivity index (χ1n) is 8.55. The fraction of sp³-hybridized carbons (Fsp3) is 0.556. The van der Waals surface area contributed by atoms with Gasteiger partial charge in [-0.3, -0.25) is 0 Å². The third-order valence-electron chi connectivity index (χ3n) is 3.72. The van der Waals surface area contributed by atoms with Crippen molar-refractivity contribution in [1.82, 2.24) is 10.6 Å². The number of aliphatic hydroxyl groups is 1. The number of unbranched alkanes of at least 4 members (excludes halogenated alkanes) is 2. The minimum atomic E-state index is -1.06. The van der Waals surface area contributed by atoms with E-state index in [0.717, 1.165) is 31.1 Å². The molecule has 1 amide bonds. The molecular weight excluding hydrogens is 324 g/mol. The fourth-order valence-electron chi connectivity index (χ4n) is 2.25. The van der Waals surface area contributed by atoms with E-state index in [1.807, 2.05) is 0 Å². The number of ether oxygens (including phenoxy) is 1. The highest BCUT2D eigenvalue weighted by atomic mass is 16.5. The Morgan fingerprint density at radius 2 is 2.00 bits per heavy atom. The molecule has 1 aromatic carbocycles. The third-order valence-corrected chi connectivity index (χ3v) is 3.72. The molecular formula is C18H28N2O5. The zero-order valence-electron chi connectivity index (χ0n) is 14.6. The molecule has 140 valence electrons. The predicted octanol–water partition coefficient (Wildman–Crippen LogP) is 1.93. The number of carbonyl (C=O) groups is 2. The van der Waals surface area contributed by atoms with Gasteiger partial charge >= 0.3 is 6.09 Å². The number of carbonyl (C=O) groups excluding carboxylic acids is 1. The maximum Gasteiger partial charge on any atom is 0.404 e. The predicted molar refractivity (Wildman–Crippen MR) is 94.8 cm³/mol. The lowest BCUT2D eigenvalue weighted by Crippen LogP contribution is -2.36. The highest BCUT2D eigenvalue weighted by Crippen LogP contribution is 2.12. The third kappa shape index (κ3) is 10.4. The molecule has 7 nitrogen and oxygen atoms in total. The molecule has 7 heteroatoms. The van der Waals surface area contributed by atoms with Gasteiger partial charge in [-0.15, -0.1) is 0 Å². The van der Waals surface area contributed by atoms with Crippen LogP contribution >= 0.6 is 0 Å². The molecule has 4 N–H and O–H groups in total. The van der Waals surface area contributed by atoms with Crippen LogP contribution in [-0.2, 0) is 11.3 Å². The monoisotopic (exact) mass is 352 g/mol. The Hall–Kier alpha value is -2.12. The Bertz CT molecular complexity index is 507. The molecule has 0 aliphatic carbocycles. The molecule has 0 aliphatic rings. The van der Waals surface area contributed by atoms with Gasteiger partial charge in [0, 0.05) is 25.6 Å². The summed E-state index contributed by atoms with van der Waals surface area (Å²) in [6.45, 7) is 2.91. The summed E-state index contributed by atoms with van der Waals surface area (Å²) in [6.07, 6.45) is 2.72. The smallest absolute Gasteiger partial charge is 0.404 e. The molecule has 0 aliphatic heterocycles. The van der Waals surface area contributed by atoms with Crippen molar-refractivity contribution in [3.05, 3.63) is 29.8 Å². The Morgan fingerprint density at radius 3 is 2.64 bits per heavy atom. The molecule has 0 fully saturated rings. The van der Waals surface area contributed by atoms with Crippen molar-refractivity contribution in [2.75, 3.05) is 13.2 Å². The van der Waals surface area contributed by atoms with E-state index in [1.54, 1.807) is 24.3 Å². The van der Waals surface area contributed by atoms with E-state index in [9.17, 15) is 14.7 Å². The van der Waals surface area contributed by atoms with Crippen LogP contribution in [-0.4, -0.2) is 47.9 Å². The summed E-state index contributed by atoms with van der Waals surface area (Å²) in [5.41, 5.74) is 0.834. The largest absolute Gasteiger partial charge is 0.491 e. The summed E-state index contributed by atoms with van der Waals surface area (Å²) < 4.78 is 5.53. The number of aldehydes is 1. The second-order valence-corrected chi connectivity index (χ2v) is 6.03. The summed E-state index contributed by atoms with van der Waals surface area (Å²) in [7, 11) is 0. The second kappa shape index (κ2) is 12.3. The molecule has 2 atom stereocenters. The van der Waals surface area contributed by atoms with Gasteiger partial charge in [0.1, 0.15) is 24.7 Å².